The summed E-state index contributed by atoms with van der Waals surface area (Å²) >= 11 is 0. The molecule has 1 aromatic rings. The molecule has 0 bridgehead atoms. The van der Waals surface area contributed by atoms with Gasteiger partial charge in [0.2, 0.25) is 0 Å². The maximum absolute atomic E-state index is 5.89. The summed E-state index contributed by atoms with van der Waals surface area (Å²) in [6, 6.07) is 0. The highest BCUT2D eigenvalue weighted by molar-refractivity contribution is 5.35. The first-order valence-corrected chi connectivity index (χ1v) is 6.10. The number of anilines is 1. The average molecular weight is 235 g/mol. The van der Waals surface area contributed by atoms with E-state index in [-0.39, 0.29) is 11.9 Å². The lowest BCUT2D eigenvalue weighted by molar-refractivity contribution is -0.178. The molecule has 1 spiro atoms. The van der Waals surface area contributed by atoms with Gasteiger partial charge in [-0.25, -0.2) is 4.98 Å². The Hall–Kier alpha value is -1.20. The van der Waals surface area contributed by atoms with E-state index in [0.29, 0.717) is 6.61 Å². The molecular formula is C12H17N3O2. The van der Waals surface area contributed by atoms with Gasteiger partial charge < -0.3 is 14.4 Å². The molecule has 3 rings (SSSR count). The van der Waals surface area contributed by atoms with Gasteiger partial charge in [-0.2, -0.15) is 0 Å². The van der Waals surface area contributed by atoms with Crippen LogP contribution >= 0.6 is 0 Å². The summed E-state index contributed by atoms with van der Waals surface area (Å²) in [4.78, 5) is 10.6. The van der Waals surface area contributed by atoms with E-state index in [9.17, 15) is 0 Å². The molecule has 2 saturated heterocycles. The van der Waals surface area contributed by atoms with Crippen LogP contribution in [0, 0.1) is 0 Å². The third-order valence-corrected chi connectivity index (χ3v) is 3.40. The van der Waals surface area contributed by atoms with E-state index in [2.05, 4.69) is 21.8 Å². The third kappa shape index (κ3) is 2.12. The van der Waals surface area contributed by atoms with Gasteiger partial charge in [0.15, 0.2) is 5.79 Å². The van der Waals surface area contributed by atoms with Gasteiger partial charge in [0, 0.05) is 38.3 Å². The summed E-state index contributed by atoms with van der Waals surface area (Å²) in [6.45, 7) is 4.59. The first-order valence-electron chi connectivity index (χ1n) is 6.10. The number of hydrogen-bond acceptors (Lipinski definition) is 5. The predicted octanol–water partition coefficient (Wildman–Crippen LogP) is 1.21. The molecule has 92 valence electrons. The van der Waals surface area contributed by atoms with Gasteiger partial charge in [-0.1, -0.05) is 0 Å². The van der Waals surface area contributed by atoms with Crippen molar-refractivity contribution in [2.45, 2.75) is 31.7 Å². The molecule has 0 N–H and O–H groups in total. The third-order valence-electron chi connectivity index (χ3n) is 3.40. The van der Waals surface area contributed by atoms with Crippen molar-refractivity contribution in [1.82, 2.24) is 9.97 Å². The lowest BCUT2D eigenvalue weighted by Gasteiger charge is -2.38. The van der Waals surface area contributed by atoms with Crippen molar-refractivity contribution in [2.75, 3.05) is 24.6 Å². The zero-order valence-electron chi connectivity index (χ0n) is 10.0. The Morgan fingerprint density at radius 1 is 1.35 bits per heavy atom. The van der Waals surface area contributed by atoms with E-state index in [4.69, 9.17) is 9.47 Å². The monoisotopic (exact) mass is 235 g/mol. The Labute approximate surface area is 101 Å². The lowest BCUT2D eigenvalue weighted by atomic mass is 10.0. The van der Waals surface area contributed by atoms with Crippen LogP contribution in [0.5, 0.6) is 0 Å². The first-order chi connectivity index (χ1) is 8.27. The molecule has 17 heavy (non-hydrogen) atoms. The van der Waals surface area contributed by atoms with Crippen LogP contribution in [0.2, 0.25) is 0 Å². The van der Waals surface area contributed by atoms with E-state index in [0.717, 1.165) is 31.7 Å². The fraction of sp³-hybridized carbons (Fsp3) is 0.667. The van der Waals surface area contributed by atoms with Crippen molar-refractivity contribution >= 4 is 5.82 Å². The Kier molecular flexibility index (Phi) is 2.72. The number of aromatic nitrogens is 2. The summed E-state index contributed by atoms with van der Waals surface area (Å²) in [5.41, 5.74) is 0. The first kappa shape index (κ1) is 10.9. The van der Waals surface area contributed by atoms with Crippen molar-refractivity contribution in [1.29, 1.82) is 0 Å². The topological polar surface area (TPSA) is 47.5 Å². The summed E-state index contributed by atoms with van der Waals surface area (Å²) in [5, 5.41) is 0. The van der Waals surface area contributed by atoms with Gasteiger partial charge in [0.1, 0.15) is 5.82 Å². The van der Waals surface area contributed by atoms with Crippen molar-refractivity contribution in [3.63, 3.8) is 0 Å². The van der Waals surface area contributed by atoms with E-state index < -0.39 is 0 Å². The Morgan fingerprint density at radius 3 is 2.76 bits per heavy atom. The van der Waals surface area contributed by atoms with Gasteiger partial charge in [-0.05, 0) is 6.92 Å². The van der Waals surface area contributed by atoms with Gasteiger partial charge >= 0.3 is 0 Å². The maximum Gasteiger partial charge on any atom is 0.172 e. The molecule has 0 saturated carbocycles. The SMILES string of the molecule is C[C@@H]1COC2(CCN(c3cnccn3)CC2)O1. The minimum atomic E-state index is -0.335. The molecule has 0 aliphatic carbocycles. The summed E-state index contributed by atoms with van der Waals surface area (Å²) in [6.07, 6.45) is 7.24. The molecule has 5 heteroatoms. The highest BCUT2D eigenvalue weighted by atomic mass is 16.7. The molecule has 1 atom stereocenters. The molecule has 0 unspecified atom stereocenters. The standard InChI is InChI=1S/C12H17N3O2/c1-10-9-16-12(17-10)2-6-15(7-3-12)11-8-13-4-5-14-11/h4-5,8,10H,2-3,6-7,9H2,1H3/t10-/m1/s1. The van der Waals surface area contributed by atoms with E-state index in [1.807, 2.05) is 0 Å². The smallest absolute Gasteiger partial charge is 0.172 e. The zero-order chi connectivity index (χ0) is 11.7. The maximum atomic E-state index is 5.89. The zero-order valence-corrected chi connectivity index (χ0v) is 10.0. The largest absolute Gasteiger partial charge is 0.355 e. The van der Waals surface area contributed by atoms with Crippen molar-refractivity contribution < 1.29 is 9.47 Å². The Balaban J connectivity index is 1.65. The van der Waals surface area contributed by atoms with Crippen molar-refractivity contribution in [3.05, 3.63) is 18.6 Å². The second kappa shape index (κ2) is 4.23. The lowest BCUT2D eigenvalue weighted by Crippen LogP contribution is -2.45. The van der Waals surface area contributed by atoms with Crippen LogP contribution in [-0.2, 0) is 9.47 Å². The van der Waals surface area contributed by atoms with Crippen LogP contribution in [0.1, 0.15) is 19.8 Å². The van der Waals surface area contributed by atoms with Crippen LogP contribution in [0.25, 0.3) is 0 Å². The number of piperidine rings is 1. The summed E-state index contributed by atoms with van der Waals surface area (Å²) < 4.78 is 11.7. The number of ether oxygens (including phenoxy) is 2. The normalized spacial score (nSPS) is 27.6. The minimum Gasteiger partial charge on any atom is -0.355 e. The van der Waals surface area contributed by atoms with Gasteiger partial charge in [-0.3, -0.25) is 4.98 Å². The van der Waals surface area contributed by atoms with E-state index in [1.54, 1.807) is 18.6 Å². The molecule has 3 heterocycles. The van der Waals surface area contributed by atoms with Gasteiger partial charge in [0.05, 0.1) is 18.9 Å². The minimum absolute atomic E-state index is 0.220. The van der Waals surface area contributed by atoms with Crippen molar-refractivity contribution in [2.24, 2.45) is 0 Å². The van der Waals surface area contributed by atoms with Crippen LogP contribution in [-0.4, -0.2) is 41.6 Å². The van der Waals surface area contributed by atoms with Gasteiger partial charge in [0.25, 0.3) is 0 Å². The summed E-state index contributed by atoms with van der Waals surface area (Å²) in [5.74, 6) is 0.603. The molecule has 2 aliphatic heterocycles. The fourth-order valence-corrected chi connectivity index (χ4v) is 2.50. The average Bonchev–Trinajstić information content (AvgIpc) is 2.73. The second-order valence-electron chi connectivity index (χ2n) is 4.70. The van der Waals surface area contributed by atoms with Crippen LogP contribution in [0.4, 0.5) is 5.82 Å². The van der Waals surface area contributed by atoms with Crippen LogP contribution in [0.15, 0.2) is 18.6 Å². The number of hydrogen-bond donors (Lipinski definition) is 0. The molecule has 2 aliphatic rings. The van der Waals surface area contributed by atoms with Crippen LogP contribution < -0.4 is 4.90 Å². The fourth-order valence-electron chi connectivity index (χ4n) is 2.50. The number of nitrogens with zero attached hydrogens (tertiary/aromatic N) is 3. The van der Waals surface area contributed by atoms with Gasteiger partial charge in [-0.15, -0.1) is 0 Å². The molecule has 5 nitrogen and oxygen atoms in total. The molecule has 0 aromatic carbocycles. The molecular weight excluding hydrogens is 218 g/mol. The Morgan fingerprint density at radius 2 is 2.18 bits per heavy atom. The van der Waals surface area contributed by atoms with Crippen molar-refractivity contribution in [3.8, 4) is 0 Å². The Bertz CT molecular complexity index is 377. The predicted molar refractivity (Wildman–Crippen MR) is 62.7 cm³/mol. The summed E-state index contributed by atoms with van der Waals surface area (Å²) in [7, 11) is 0. The molecule has 0 amide bonds. The highest BCUT2D eigenvalue weighted by Crippen LogP contribution is 2.34. The quantitative estimate of drug-likeness (QED) is 0.732. The molecule has 1 aromatic heterocycles. The highest BCUT2D eigenvalue weighted by Gasteiger charge is 2.42. The second-order valence-corrected chi connectivity index (χ2v) is 4.70. The van der Waals surface area contributed by atoms with E-state index in [1.165, 1.54) is 0 Å². The molecule has 2 fully saturated rings. The number of rotatable bonds is 1. The van der Waals surface area contributed by atoms with Crippen LogP contribution in [0.3, 0.4) is 0 Å². The van der Waals surface area contributed by atoms with E-state index >= 15 is 0 Å². The molecule has 0 radical (unpaired) electrons.